The highest BCUT2D eigenvalue weighted by atomic mass is 19.1. The van der Waals surface area contributed by atoms with Gasteiger partial charge in [0, 0.05) is 12.1 Å². The number of imide groups is 1. The Balaban J connectivity index is 1.27. The number of fused-ring (bicyclic) bond motifs is 1. The van der Waals surface area contributed by atoms with Crippen LogP contribution in [0.4, 0.5) is 19.3 Å². The SMILES string of the molecule is C[C@]1(c2ccc(F)cc2)NC(=O)N(CC(=O)Nc2ccc3nc(Cc4ccccc4F)[nH]c3c2)C1=O. The van der Waals surface area contributed by atoms with Crippen LogP contribution in [0, 0.1) is 11.6 Å². The number of halogens is 2. The molecule has 1 aliphatic rings. The van der Waals surface area contributed by atoms with Crippen molar-refractivity contribution in [1.82, 2.24) is 20.2 Å². The second-order valence-electron chi connectivity index (χ2n) is 8.69. The molecule has 2 heterocycles. The summed E-state index contributed by atoms with van der Waals surface area (Å²) in [6, 6.07) is 16.0. The summed E-state index contributed by atoms with van der Waals surface area (Å²) in [6.07, 6.45) is 0.280. The first kappa shape index (κ1) is 23.2. The molecule has 3 N–H and O–H groups in total. The number of amides is 4. The molecule has 10 heteroatoms. The monoisotopic (exact) mass is 489 g/mol. The molecule has 1 aliphatic heterocycles. The van der Waals surface area contributed by atoms with E-state index in [0.29, 0.717) is 33.7 Å². The summed E-state index contributed by atoms with van der Waals surface area (Å²) < 4.78 is 27.2. The maximum Gasteiger partial charge on any atom is 0.325 e. The standard InChI is InChI=1S/C26H21F2N5O3/c1-26(16-6-8-17(27)9-7-16)24(35)33(25(36)32-26)14-23(34)29-18-10-11-20-21(13-18)31-22(30-20)12-15-4-2-3-5-19(15)28/h2-11,13H,12,14H2,1H3,(H,29,34)(H,30,31)(H,32,36)/t26-/m1/s1. The van der Waals surface area contributed by atoms with Crippen molar-refractivity contribution in [2.75, 3.05) is 11.9 Å². The number of imidazole rings is 1. The van der Waals surface area contributed by atoms with Crippen LogP contribution in [0.1, 0.15) is 23.9 Å². The molecule has 8 nitrogen and oxygen atoms in total. The first-order valence-corrected chi connectivity index (χ1v) is 11.1. The Morgan fingerprint density at radius 1 is 1.06 bits per heavy atom. The van der Waals surface area contributed by atoms with E-state index >= 15 is 0 Å². The normalized spacial score (nSPS) is 17.5. The number of hydrogen-bond acceptors (Lipinski definition) is 4. The van der Waals surface area contributed by atoms with E-state index in [4.69, 9.17) is 0 Å². The van der Waals surface area contributed by atoms with Gasteiger partial charge in [0.2, 0.25) is 5.91 Å². The Labute approximate surface area is 204 Å². The summed E-state index contributed by atoms with van der Waals surface area (Å²) in [5.41, 5.74) is 1.21. The van der Waals surface area contributed by atoms with Gasteiger partial charge in [-0.05, 0) is 54.4 Å². The number of nitrogens with zero attached hydrogens (tertiary/aromatic N) is 2. The van der Waals surface area contributed by atoms with Crippen LogP contribution in [-0.4, -0.2) is 39.3 Å². The maximum atomic E-state index is 14.0. The summed E-state index contributed by atoms with van der Waals surface area (Å²) >= 11 is 0. The number of urea groups is 1. The fourth-order valence-corrected chi connectivity index (χ4v) is 4.21. The molecule has 0 aliphatic carbocycles. The van der Waals surface area contributed by atoms with Gasteiger partial charge in [0.15, 0.2) is 0 Å². The number of H-pyrrole nitrogens is 1. The Hall–Kier alpha value is -4.60. The minimum atomic E-state index is -1.41. The highest BCUT2D eigenvalue weighted by molar-refractivity contribution is 6.10. The van der Waals surface area contributed by atoms with E-state index in [1.807, 2.05) is 0 Å². The van der Waals surface area contributed by atoms with Gasteiger partial charge >= 0.3 is 6.03 Å². The average Bonchev–Trinajstić information content (AvgIpc) is 3.34. The minimum absolute atomic E-state index is 0.280. The molecular weight excluding hydrogens is 468 g/mol. The molecule has 0 radical (unpaired) electrons. The summed E-state index contributed by atoms with van der Waals surface area (Å²) in [7, 11) is 0. The smallest absolute Gasteiger partial charge is 0.325 e. The van der Waals surface area contributed by atoms with Crippen molar-refractivity contribution in [2.24, 2.45) is 0 Å². The van der Waals surface area contributed by atoms with Gasteiger partial charge < -0.3 is 15.6 Å². The Morgan fingerprint density at radius 3 is 2.56 bits per heavy atom. The van der Waals surface area contributed by atoms with Crippen LogP contribution in [0.2, 0.25) is 0 Å². The topological polar surface area (TPSA) is 107 Å². The van der Waals surface area contributed by atoms with Gasteiger partial charge in [-0.2, -0.15) is 0 Å². The van der Waals surface area contributed by atoms with Crippen molar-refractivity contribution in [3.8, 4) is 0 Å². The Kier molecular flexibility index (Phi) is 5.71. The number of nitrogens with one attached hydrogen (secondary N) is 3. The van der Waals surface area contributed by atoms with Crippen molar-refractivity contribution < 1.29 is 23.2 Å². The van der Waals surface area contributed by atoms with Crippen molar-refractivity contribution >= 4 is 34.6 Å². The van der Waals surface area contributed by atoms with E-state index in [9.17, 15) is 23.2 Å². The van der Waals surface area contributed by atoms with Gasteiger partial charge in [0.05, 0.1) is 11.0 Å². The molecule has 0 saturated carbocycles. The Bertz CT molecular complexity index is 1500. The van der Waals surface area contributed by atoms with E-state index in [1.54, 1.807) is 36.4 Å². The van der Waals surface area contributed by atoms with Crippen LogP contribution in [-0.2, 0) is 21.5 Å². The van der Waals surface area contributed by atoms with Gasteiger partial charge in [0.25, 0.3) is 5.91 Å². The van der Waals surface area contributed by atoms with E-state index in [0.717, 1.165) is 4.90 Å². The lowest BCUT2D eigenvalue weighted by Crippen LogP contribution is -2.42. The second kappa shape index (κ2) is 8.88. The van der Waals surface area contributed by atoms with Gasteiger partial charge in [-0.3, -0.25) is 14.5 Å². The third-order valence-electron chi connectivity index (χ3n) is 6.13. The zero-order chi connectivity index (χ0) is 25.4. The Morgan fingerprint density at radius 2 is 1.81 bits per heavy atom. The van der Waals surface area contributed by atoms with Crippen molar-refractivity contribution in [3.63, 3.8) is 0 Å². The average molecular weight is 489 g/mol. The summed E-state index contributed by atoms with van der Waals surface area (Å²) in [6.45, 7) is 1.00. The highest BCUT2D eigenvalue weighted by Gasteiger charge is 2.49. The van der Waals surface area contributed by atoms with E-state index in [1.165, 1.54) is 37.3 Å². The number of carbonyl (C=O) groups is 3. The van der Waals surface area contributed by atoms with Gasteiger partial charge in [-0.1, -0.05) is 30.3 Å². The third kappa shape index (κ3) is 4.28. The molecule has 0 unspecified atom stereocenters. The predicted octanol–water partition coefficient (Wildman–Crippen LogP) is 3.84. The van der Waals surface area contributed by atoms with Crippen molar-refractivity contribution in [1.29, 1.82) is 0 Å². The number of anilines is 1. The second-order valence-corrected chi connectivity index (χ2v) is 8.69. The molecule has 1 fully saturated rings. The number of carbonyl (C=O) groups excluding carboxylic acids is 3. The summed E-state index contributed by atoms with van der Waals surface area (Å²) in [5, 5.41) is 5.26. The number of aromatic nitrogens is 2. The quantitative estimate of drug-likeness (QED) is 0.358. The van der Waals surface area contributed by atoms with Gasteiger partial charge in [-0.25, -0.2) is 18.6 Å². The fourth-order valence-electron chi connectivity index (χ4n) is 4.21. The summed E-state index contributed by atoms with van der Waals surface area (Å²) in [5.74, 6) is -1.41. The van der Waals surface area contributed by atoms with Crippen molar-refractivity contribution in [2.45, 2.75) is 18.9 Å². The first-order chi connectivity index (χ1) is 17.2. The molecule has 1 atom stereocenters. The van der Waals surface area contributed by atoms with Crippen molar-refractivity contribution in [3.05, 3.63) is 95.3 Å². The molecule has 1 saturated heterocycles. The molecule has 1 aromatic heterocycles. The molecule has 0 spiro atoms. The zero-order valence-electron chi connectivity index (χ0n) is 19.1. The molecule has 0 bridgehead atoms. The van der Waals surface area contributed by atoms with Crippen LogP contribution in [0.3, 0.4) is 0 Å². The van der Waals surface area contributed by atoms with E-state index < -0.39 is 35.7 Å². The molecule has 182 valence electrons. The largest absolute Gasteiger partial charge is 0.342 e. The van der Waals surface area contributed by atoms with Crippen LogP contribution < -0.4 is 10.6 Å². The maximum absolute atomic E-state index is 14.0. The summed E-state index contributed by atoms with van der Waals surface area (Å²) in [4.78, 5) is 46.5. The third-order valence-corrected chi connectivity index (χ3v) is 6.13. The lowest BCUT2D eigenvalue weighted by atomic mass is 9.92. The number of aromatic amines is 1. The first-order valence-electron chi connectivity index (χ1n) is 11.1. The molecule has 4 amide bonds. The number of rotatable bonds is 6. The molecule has 3 aromatic carbocycles. The van der Waals surface area contributed by atoms with Gasteiger partial charge in [0.1, 0.15) is 29.5 Å². The number of hydrogen-bond donors (Lipinski definition) is 3. The highest BCUT2D eigenvalue weighted by Crippen LogP contribution is 2.29. The van der Waals surface area contributed by atoms with Gasteiger partial charge in [-0.15, -0.1) is 0 Å². The zero-order valence-corrected chi connectivity index (χ0v) is 19.1. The molecular formula is C26H21F2N5O3. The van der Waals surface area contributed by atoms with Crippen LogP contribution in [0.15, 0.2) is 66.7 Å². The minimum Gasteiger partial charge on any atom is -0.342 e. The molecule has 4 aromatic rings. The van der Waals surface area contributed by atoms with Crippen LogP contribution in [0.5, 0.6) is 0 Å². The van der Waals surface area contributed by atoms with E-state index in [-0.39, 0.29) is 12.2 Å². The van der Waals surface area contributed by atoms with Crippen LogP contribution in [0.25, 0.3) is 11.0 Å². The van der Waals surface area contributed by atoms with E-state index in [2.05, 4.69) is 20.6 Å². The fraction of sp³-hybridized carbons (Fsp3) is 0.154. The molecule has 5 rings (SSSR count). The number of benzene rings is 3. The van der Waals surface area contributed by atoms with Crippen LogP contribution >= 0.6 is 0 Å². The predicted molar refractivity (Wildman–Crippen MR) is 128 cm³/mol. The lowest BCUT2D eigenvalue weighted by molar-refractivity contribution is -0.133. The molecule has 36 heavy (non-hydrogen) atoms. The lowest BCUT2D eigenvalue weighted by Gasteiger charge is -2.22.